The summed E-state index contributed by atoms with van der Waals surface area (Å²) in [6, 6.07) is 28.9. The van der Waals surface area contributed by atoms with Gasteiger partial charge in [0.2, 0.25) is 0 Å². The van der Waals surface area contributed by atoms with Crippen LogP contribution in [-0.2, 0) is 11.0 Å². The molecule has 1 aliphatic heterocycles. The quantitative estimate of drug-likeness (QED) is 0.238. The van der Waals surface area contributed by atoms with E-state index in [9.17, 15) is 14.0 Å². The van der Waals surface area contributed by atoms with Crippen LogP contribution in [-0.4, -0.2) is 0 Å². The van der Waals surface area contributed by atoms with Crippen molar-refractivity contribution in [1.29, 1.82) is 5.26 Å². The molecular weight excluding hydrogens is 488 g/mol. The summed E-state index contributed by atoms with van der Waals surface area (Å²) in [6.45, 7) is 4.37. The summed E-state index contributed by atoms with van der Waals surface area (Å²) in [5.74, 6) is 0.0438. The molecule has 188 valence electrons. The molecule has 1 heterocycles. The van der Waals surface area contributed by atoms with E-state index < -0.39 is 5.60 Å². The Morgan fingerprint density at radius 1 is 0.769 bits per heavy atom. The monoisotopic (exact) mass is 511 g/mol. The molecule has 0 saturated heterocycles. The Bertz CT molecular complexity index is 1830. The van der Waals surface area contributed by atoms with Crippen molar-refractivity contribution in [3.63, 3.8) is 0 Å². The first-order valence-electron chi connectivity index (χ1n) is 12.9. The van der Waals surface area contributed by atoms with Gasteiger partial charge in [-0.25, -0.2) is 8.78 Å². The minimum atomic E-state index is -1.09. The number of hydrogen-bond acceptors (Lipinski definition) is 2. The van der Waals surface area contributed by atoms with Crippen LogP contribution in [0.15, 0.2) is 97.1 Å². The van der Waals surface area contributed by atoms with Crippen LogP contribution in [0.3, 0.4) is 0 Å². The lowest BCUT2D eigenvalue weighted by Gasteiger charge is -2.38. The Labute approximate surface area is 225 Å². The summed E-state index contributed by atoms with van der Waals surface area (Å²) in [7, 11) is 0. The van der Waals surface area contributed by atoms with E-state index in [0.29, 0.717) is 5.56 Å². The third-order valence-electron chi connectivity index (χ3n) is 8.22. The fraction of sp³-hybridized carbons (Fsp3) is 0.114. The van der Waals surface area contributed by atoms with Crippen LogP contribution in [0.5, 0.6) is 5.75 Å². The van der Waals surface area contributed by atoms with Crippen LogP contribution in [0.25, 0.3) is 28.0 Å². The molecule has 5 aromatic rings. The van der Waals surface area contributed by atoms with Gasteiger partial charge in [-0.3, -0.25) is 0 Å². The molecule has 2 aliphatic rings. The molecule has 0 N–H and O–H groups in total. The maximum Gasteiger partial charge on any atom is 0.178 e. The van der Waals surface area contributed by atoms with E-state index in [1.807, 2.05) is 30.3 Å². The van der Waals surface area contributed by atoms with Crippen LogP contribution < -0.4 is 4.74 Å². The predicted octanol–water partition coefficient (Wildman–Crippen LogP) is 8.65. The molecule has 0 radical (unpaired) electrons. The van der Waals surface area contributed by atoms with Gasteiger partial charge in [0.25, 0.3) is 0 Å². The summed E-state index contributed by atoms with van der Waals surface area (Å²) in [4.78, 5) is 0. The minimum absolute atomic E-state index is 0.340. The van der Waals surface area contributed by atoms with E-state index in [1.54, 1.807) is 24.3 Å². The van der Waals surface area contributed by atoms with E-state index in [2.05, 4.69) is 44.2 Å². The molecule has 39 heavy (non-hydrogen) atoms. The van der Waals surface area contributed by atoms with Crippen molar-refractivity contribution >= 4 is 16.8 Å². The van der Waals surface area contributed by atoms with Gasteiger partial charge in [0.15, 0.2) is 5.60 Å². The first kappa shape index (κ1) is 23.4. The van der Waals surface area contributed by atoms with Gasteiger partial charge in [-0.05, 0) is 70.1 Å². The maximum atomic E-state index is 14.0. The van der Waals surface area contributed by atoms with E-state index in [0.717, 1.165) is 55.5 Å². The number of halogens is 2. The van der Waals surface area contributed by atoms with Gasteiger partial charge in [0.1, 0.15) is 17.4 Å². The highest BCUT2D eigenvalue weighted by Crippen LogP contribution is 2.58. The maximum absolute atomic E-state index is 14.0. The number of nitriles is 1. The molecule has 0 aromatic heterocycles. The van der Waals surface area contributed by atoms with Gasteiger partial charge in [0.05, 0.1) is 11.6 Å². The smallest absolute Gasteiger partial charge is 0.178 e. The van der Waals surface area contributed by atoms with Crippen LogP contribution >= 0.6 is 0 Å². The van der Waals surface area contributed by atoms with E-state index in [4.69, 9.17) is 4.74 Å². The van der Waals surface area contributed by atoms with Crippen molar-refractivity contribution in [2.75, 3.05) is 0 Å². The summed E-state index contributed by atoms with van der Waals surface area (Å²) in [6.07, 6.45) is 4.08. The van der Waals surface area contributed by atoms with Crippen LogP contribution in [0.4, 0.5) is 8.78 Å². The fourth-order valence-electron chi connectivity index (χ4n) is 6.38. The first-order valence-corrected chi connectivity index (χ1v) is 12.9. The SMILES string of the molecule is CC1(C)c2cc(C#N)ccc2-c2c1c1c(c3ccccc23)OC(c2ccc(F)cc2)(c2ccc(F)cc2)C=C1. The zero-order valence-corrected chi connectivity index (χ0v) is 21.4. The highest BCUT2D eigenvalue weighted by atomic mass is 19.1. The average molecular weight is 512 g/mol. The van der Waals surface area contributed by atoms with E-state index in [-0.39, 0.29) is 17.0 Å². The minimum Gasteiger partial charge on any atom is -0.472 e. The largest absolute Gasteiger partial charge is 0.472 e. The number of benzene rings is 5. The number of ether oxygens (including phenoxy) is 1. The summed E-state index contributed by atoms with van der Waals surface area (Å²) in [5, 5.41) is 11.6. The molecule has 0 amide bonds. The second-order valence-corrected chi connectivity index (χ2v) is 10.7. The van der Waals surface area contributed by atoms with Crippen molar-refractivity contribution in [1.82, 2.24) is 0 Å². The van der Waals surface area contributed by atoms with Crippen LogP contribution in [0, 0.1) is 23.0 Å². The Morgan fingerprint density at radius 3 is 2.00 bits per heavy atom. The molecule has 4 heteroatoms. The first-order chi connectivity index (χ1) is 18.8. The molecular formula is C35H23F2NO. The van der Waals surface area contributed by atoms with Crippen molar-refractivity contribution in [3.8, 4) is 22.9 Å². The molecule has 5 aromatic carbocycles. The average Bonchev–Trinajstić information content (AvgIpc) is 3.20. The van der Waals surface area contributed by atoms with Gasteiger partial charge in [-0.2, -0.15) is 5.26 Å². The number of fused-ring (bicyclic) bond motifs is 8. The molecule has 0 bridgehead atoms. The topological polar surface area (TPSA) is 33.0 Å². The third-order valence-corrected chi connectivity index (χ3v) is 8.22. The number of hydrogen-bond donors (Lipinski definition) is 0. The third kappa shape index (κ3) is 3.23. The van der Waals surface area contributed by atoms with Crippen LogP contribution in [0.2, 0.25) is 0 Å². The molecule has 1 aliphatic carbocycles. The zero-order valence-electron chi connectivity index (χ0n) is 21.4. The number of rotatable bonds is 2. The van der Waals surface area contributed by atoms with Gasteiger partial charge in [-0.1, -0.05) is 74.5 Å². The van der Waals surface area contributed by atoms with Crippen molar-refractivity contribution in [2.24, 2.45) is 0 Å². The molecule has 2 nitrogen and oxygen atoms in total. The van der Waals surface area contributed by atoms with E-state index in [1.165, 1.54) is 24.3 Å². The lowest BCUT2D eigenvalue weighted by molar-refractivity contribution is 0.163. The van der Waals surface area contributed by atoms with Gasteiger partial charge in [0, 0.05) is 27.5 Å². The Hall–Kier alpha value is -4.75. The van der Waals surface area contributed by atoms with E-state index >= 15 is 0 Å². The summed E-state index contributed by atoms with van der Waals surface area (Å²) >= 11 is 0. The predicted molar refractivity (Wildman–Crippen MR) is 149 cm³/mol. The van der Waals surface area contributed by atoms with Gasteiger partial charge in [-0.15, -0.1) is 0 Å². The van der Waals surface area contributed by atoms with Crippen molar-refractivity contribution in [2.45, 2.75) is 24.9 Å². The standard InChI is InChI=1S/C35H23F2NO/c1-34(2)30-19-21(20-38)7-16-28(30)31-26-5-3-4-6-27(26)33-29(32(31)34)17-18-35(39-33,22-8-12-24(36)13-9-22)23-10-14-25(37)15-11-23/h3-19H,1-2H3. The lowest BCUT2D eigenvalue weighted by atomic mass is 9.76. The van der Waals surface area contributed by atoms with Crippen molar-refractivity contribution < 1.29 is 13.5 Å². The molecule has 0 fully saturated rings. The fourth-order valence-corrected chi connectivity index (χ4v) is 6.38. The van der Waals surface area contributed by atoms with Gasteiger partial charge >= 0.3 is 0 Å². The number of nitrogens with zero attached hydrogens (tertiary/aromatic N) is 1. The highest BCUT2D eigenvalue weighted by molar-refractivity contribution is 6.08. The summed E-state index contributed by atoms with van der Waals surface area (Å²) in [5.41, 5.74) is 6.14. The second-order valence-electron chi connectivity index (χ2n) is 10.7. The summed E-state index contributed by atoms with van der Waals surface area (Å²) < 4.78 is 35.0. The highest BCUT2D eigenvalue weighted by Gasteiger charge is 2.44. The normalized spacial score (nSPS) is 15.7. The van der Waals surface area contributed by atoms with Crippen molar-refractivity contribution in [3.05, 3.63) is 142 Å². The second kappa shape index (κ2) is 8.12. The lowest BCUT2D eigenvalue weighted by Crippen LogP contribution is -2.35. The van der Waals surface area contributed by atoms with Crippen LogP contribution in [0.1, 0.15) is 47.2 Å². The molecule has 7 rings (SSSR count). The molecule has 0 spiro atoms. The molecule has 0 unspecified atom stereocenters. The Balaban J connectivity index is 1.55. The molecule has 0 atom stereocenters. The zero-order chi connectivity index (χ0) is 26.9. The Kier molecular flexibility index (Phi) is 4.87. The Morgan fingerprint density at radius 2 is 1.38 bits per heavy atom. The van der Waals surface area contributed by atoms with Gasteiger partial charge < -0.3 is 4.74 Å². The molecule has 0 saturated carbocycles.